The van der Waals surface area contributed by atoms with Crippen LogP contribution in [0.15, 0.2) is 51.4 Å². The first-order valence-electron chi connectivity index (χ1n) is 11.6. The van der Waals surface area contributed by atoms with Crippen LogP contribution in [-0.2, 0) is 0 Å². The molecule has 0 bridgehead atoms. The van der Waals surface area contributed by atoms with Gasteiger partial charge < -0.3 is 19.8 Å². The summed E-state index contributed by atoms with van der Waals surface area (Å²) < 4.78 is 12.2. The lowest BCUT2D eigenvalue weighted by Gasteiger charge is -2.25. The minimum atomic E-state index is -0.210. The number of furan rings is 1. The Morgan fingerprint density at radius 1 is 1.21 bits per heavy atom. The molecule has 0 saturated carbocycles. The normalized spacial score (nSPS) is 15.5. The molecule has 184 valence electrons. The van der Waals surface area contributed by atoms with Crippen LogP contribution < -0.4 is 15.4 Å². The fraction of sp³-hybridized carbons (Fsp3) is 0.444. The van der Waals surface area contributed by atoms with Gasteiger partial charge in [0.2, 0.25) is 0 Å². The first-order chi connectivity index (χ1) is 16.1. The van der Waals surface area contributed by atoms with Crippen molar-refractivity contribution in [2.75, 3.05) is 20.2 Å². The fourth-order valence-electron chi connectivity index (χ4n) is 4.14. The van der Waals surface area contributed by atoms with E-state index in [2.05, 4.69) is 32.6 Å². The summed E-state index contributed by atoms with van der Waals surface area (Å²) in [6.07, 6.45) is 2.29. The van der Waals surface area contributed by atoms with E-state index < -0.39 is 0 Å². The largest absolute Gasteiger partial charge is 0.497 e. The van der Waals surface area contributed by atoms with E-state index in [-0.39, 0.29) is 17.4 Å². The van der Waals surface area contributed by atoms with Crippen molar-refractivity contribution in [2.24, 2.45) is 0 Å². The molecule has 7 heteroatoms. The summed E-state index contributed by atoms with van der Waals surface area (Å²) in [5.41, 5.74) is 1.49. The SMILES string of the molecule is CC(NC(C)(C)C)C(=O)c1cccc(Cl)c1.COc1cc(Br)c2oc(C3CCNCC3)cc2c1. The van der Waals surface area contributed by atoms with Crippen LogP contribution in [0.25, 0.3) is 11.0 Å². The predicted octanol–water partition coefficient (Wildman–Crippen LogP) is 6.97. The summed E-state index contributed by atoms with van der Waals surface area (Å²) >= 11 is 9.39. The molecule has 1 fully saturated rings. The number of benzene rings is 2. The average molecular weight is 550 g/mol. The van der Waals surface area contributed by atoms with E-state index in [1.165, 1.54) is 0 Å². The Morgan fingerprint density at radius 3 is 2.53 bits per heavy atom. The van der Waals surface area contributed by atoms with Crippen LogP contribution in [0.5, 0.6) is 5.75 Å². The third-order valence-electron chi connectivity index (χ3n) is 5.69. The van der Waals surface area contributed by atoms with E-state index in [9.17, 15) is 4.79 Å². The van der Waals surface area contributed by atoms with Gasteiger partial charge in [-0.05, 0) is 99.9 Å². The Hall–Kier alpha value is -1.86. The second kappa shape index (κ2) is 11.7. The van der Waals surface area contributed by atoms with E-state index in [0.29, 0.717) is 16.5 Å². The average Bonchev–Trinajstić information content (AvgIpc) is 3.23. The molecule has 1 atom stereocenters. The maximum absolute atomic E-state index is 12.1. The standard InChI is InChI=1S/C14H16BrNO2.C13H18ClNO/c1-17-11-6-10-7-13(9-2-4-16-5-3-9)18-14(10)12(15)8-11;1-9(15-13(2,3)4)12(16)10-6-5-7-11(14)8-10/h6-9,16H,2-5H2,1H3;5-9,15H,1-4H3. The van der Waals surface area contributed by atoms with Crippen LogP contribution in [0.1, 0.15) is 62.6 Å². The molecule has 1 unspecified atom stereocenters. The summed E-state index contributed by atoms with van der Waals surface area (Å²) in [6, 6.07) is 12.9. The second-order valence-electron chi connectivity index (χ2n) is 9.69. The zero-order valence-electron chi connectivity index (χ0n) is 20.5. The number of nitrogens with one attached hydrogen (secondary N) is 2. The Balaban J connectivity index is 0.000000192. The number of carbonyl (C=O) groups is 1. The lowest BCUT2D eigenvalue weighted by Crippen LogP contribution is -2.46. The molecule has 1 aromatic heterocycles. The van der Waals surface area contributed by atoms with Crippen LogP contribution in [0.3, 0.4) is 0 Å². The molecule has 4 rings (SSSR count). The molecule has 1 saturated heterocycles. The number of hydrogen-bond acceptors (Lipinski definition) is 5. The van der Waals surface area contributed by atoms with Gasteiger partial charge >= 0.3 is 0 Å². The van der Waals surface area contributed by atoms with E-state index in [4.69, 9.17) is 20.8 Å². The van der Waals surface area contributed by atoms with Crippen molar-refractivity contribution in [3.05, 3.63) is 63.3 Å². The van der Waals surface area contributed by atoms with Gasteiger partial charge in [0.15, 0.2) is 5.78 Å². The molecular weight excluding hydrogens is 516 g/mol. The molecule has 3 aromatic rings. The van der Waals surface area contributed by atoms with Gasteiger partial charge in [-0.2, -0.15) is 0 Å². The van der Waals surface area contributed by atoms with Gasteiger partial charge in [-0.3, -0.25) is 4.79 Å². The van der Waals surface area contributed by atoms with Crippen molar-refractivity contribution in [3.63, 3.8) is 0 Å². The van der Waals surface area contributed by atoms with Crippen molar-refractivity contribution in [3.8, 4) is 5.75 Å². The van der Waals surface area contributed by atoms with Gasteiger partial charge in [-0.1, -0.05) is 23.7 Å². The number of halogens is 2. The Kier molecular flexibility index (Phi) is 9.21. The highest BCUT2D eigenvalue weighted by Gasteiger charge is 2.21. The summed E-state index contributed by atoms with van der Waals surface area (Å²) in [7, 11) is 1.68. The molecule has 0 aliphatic carbocycles. The highest BCUT2D eigenvalue weighted by atomic mass is 79.9. The molecule has 1 aliphatic heterocycles. The Morgan fingerprint density at radius 2 is 1.91 bits per heavy atom. The van der Waals surface area contributed by atoms with Crippen LogP contribution in [0, 0.1) is 0 Å². The van der Waals surface area contributed by atoms with Crippen LogP contribution >= 0.6 is 27.5 Å². The summed E-state index contributed by atoms with van der Waals surface area (Å²) in [5, 5.41) is 8.32. The van der Waals surface area contributed by atoms with E-state index >= 15 is 0 Å². The molecular formula is C27H34BrClN2O3. The van der Waals surface area contributed by atoms with Crippen molar-refractivity contribution in [1.82, 2.24) is 10.6 Å². The third kappa shape index (κ3) is 7.32. The summed E-state index contributed by atoms with van der Waals surface area (Å²) in [6.45, 7) is 10.1. The monoisotopic (exact) mass is 548 g/mol. The number of piperidine rings is 1. The van der Waals surface area contributed by atoms with Gasteiger partial charge in [0.05, 0.1) is 17.6 Å². The van der Waals surface area contributed by atoms with Crippen LogP contribution in [0.4, 0.5) is 0 Å². The predicted molar refractivity (Wildman–Crippen MR) is 143 cm³/mol. The molecule has 0 amide bonds. The molecule has 1 aliphatic rings. The number of Topliss-reactive ketones (excluding diaryl/α,β-unsaturated/α-hetero) is 1. The fourth-order valence-corrected chi connectivity index (χ4v) is 4.86. The lowest BCUT2D eigenvalue weighted by atomic mass is 9.95. The smallest absolute Gasteiger partial charge is 0.179 e. The molecule has 5 nitrogen and oxygen atoms in total. The quantitative estimate of drug-likeness (QED) is 0.337. The van der Waals surface area contributed by atoms with Crippen molar-refractivity contribution < 1.29 is 13.9 Å². The molecule has 2 aromatic carbocycles. The van der Waals surface area contributed by atoms with Crippen LogP contribution in [0.2, 0.25) is 5.02 Å². The maximum atomic E-state index is 12.1. The number of fused-ring (bicyclic) bond motifs is 1. The lowest BCUT2D eigenvalue weighted by molar-refractivity contribution is 0.0935. The molecule has 0 spiro atoms. The van der Waals surface area contributed by atoms with Gasteiger partial charge in [-0.15, -0.1) is 0 Å². The van der Waals surface area contributed by atoms with Crippen molar-refractivity contribution >= 4 is 44.3 Å². The Labute approximate surface area is 215 Å². The number of carbonyl (C=O) groups excluding carboxylic acids is 1. The topological polar surface area (TPSA) is 63.5 Å². The summed E-state index contributed by atoms with van der Waals surface area (Å²) in [5.74, 6) is 2.56. The zero-order valence-corrected chi connectivity index (χ0v) is 22.8. The number of ketones is 1. The van der Waals surface area contributed by atoms with E-state index in [0.717, 1.165) is 52.9 Å². The molecule has 2 heterocycles. The van der Waals surface area contributed by atoms with Crippen molar-refractivity contribution in [1.29, 1.82) is 0 Å². The Bertz CT molecular complexity index is 1120. The number of hydrogen-bond donors (Lipinski definition) is 2. The van der Waals surface area contributed by atoms with Gasteiger partial charge in [0.1, 0.15) is 17.1 Å². The number of ether oxygens (including phenoxy) is 1. The maximum Gasteiger partial charge on any atom is 0.179 e. The minimum absolute atomic E-state index is 0.0671. The minimum Gasteiger partial charge on any atom is -0.497 e. The van der Waals surface area contributed by atoms with Crippen LogP contribution in [-0.4, -0.2) is 37.6 Å². The van der Waals surface area contributed by atoms with E-state index in [1.807, 2.05) is 39.8 Å². The first-order valence-corrected chi connectivity index (χ1v) is 12.8. The molecule has 0 radical (unpaired) electrons. The third-order valence-corrected chi connectivity index (χ3v) is 6.52. The van der Waals surface area contributed by atoms with Crippen molar-refractivity contribution in [2.45, 2.75) is 58.0 Å². The van der Waals surface area contributed by atoms with Gasteiger partial charge in [0, 0.05) is 27.4 Å². The van der Waals surface area contributed by atoms with Gasteiger partial charge in [-0.25, -0.2) is 0 Å². The molecule has 2 N–H and O–H groups in total. The first kappa shape index (κ1) is 26.7. The number of methoxy groups -OCH3 is 1. The van der Waals surface area contributed by atoms with E-state index in [1.54, 1.807) is 31.4 Å². The second-order valence-corrected chi connectivity index (χ2v) is 11.0. The number of rotatable bonds is 5. The highest BCUT2D eigenvalue weighted by Crippen LogP contribution is 2.36. The van der Waals surface area contributed by atoms with Gasteiger partial charge in [0.25, 0.3) is 0 Å². The zero-order chi connectivity index (χ0) is 24.9. The molecule has 34 heavy (non-hydrogen) atoms. The highest BCUT2D eigenvalue weighted by molar-refractivity contribution is 9.10. The summed E-state index contributed by atoms with van der Waals surface area (Å²) in [4.78, 5) is 12.1.